The molecule has 108 valence electrons. The van der Waals surface area contributed by atoms with Crippen molar-refractivity contribution in [3.63, 3.8) is 0 Å². The number of hydrogen-bond acceptors (Lipinski definition) is 4. The van der Waals surface area contributed by atoms with Gasteiger partial charge >= 0.3 is 5.97 Å². The monoisotopic (exact) mass is 369 g/mol. The van der Waals surface area contributed by atoms with Crippen LogP contribution in [0.4, 0.5) is 0 Å². The number of carboxylic acids is 1. The molecule has 1 heterocycles. The van der Waals surface area contributed by atoms with Crippen molar-refractivity contribution in [2.75, 3.05) is 0 Å². The first-order valence-electron chi connectivity index (χ1n) is 5.55. The van der Waals surface area contributed by atoms with Crippen molar-refractivity contribution >= 4 is 43.3 Å². The van der Waals surface area contributed by atoms with E-state index in [1.165, 1.54) is 11.3 Å². The molecular formula is C11H16BrNO4S2. The number of thiophene rings is 1. The van der Waals surface area contributed by atoms with Gasteiger partial charge in [-0.15, -0.1) is 11.3 Å². The van der Waals surface area contributed by atoms with Crippen molar-refractivity contribution in [1.29, 1.82) is 0 Å². The third kappa shape index (κ3) is 4.87. The summed E-state index contributed by atoms with van der Waals surface area (Å²) in [4.78, 5) is 11.5. The molecule has 0 atom stereocenters. The normalized spacial score (nSPS) is 12.6. The molecule has 0 saturated heterocycles. The molecule has 0 aliphatic heterocycles. The number of sulfonamides is 1. The highest BCUT2D eigenvalue weighted by atomic mass is 79.9. The minimum Gasteiger partial charge on any atom is -0.481 e. The third-order valence-electron chi connectivity index (χ3n) is 2.51. The van der Waals surface area contributed by atoms with Gasteiger partial charge in [0.25, 0.3) is 0 Å². The number of aliphatic carboxylic acids is 1. The van der Waals surface area contributed by atoms with Crippen LogP contribution >= 0.6 is 27.3 Å². The molecule has 0 aliphatic rings. The molecule has 0 saturated carbocycles. The maximum absolute atomic E-state index is 12.3. The average Bonchev–Trinajstić information content (AvgIpc) is 2.54. The fourth-order valence-corrected chi connectivity index (χ4v) is 5.44. The second-order valence-electron chi connectivity index (χ2n) is 4.85. The summed E-state index contributed by atoms with van der Waals surface area (Å²) in [6, 6.07) is 1.55. The lowest BCUT2D eigenvalue weighted by atomic mass is 10.0. The molecule has 1 rings (SSSR count). The number of rotatable bonds is 6. The van der Waals surface area contributed by atoms with Crippen LogP contribution in [-0.4, -0.2) is 25.0 Å². The summed E-state index contributed by atoms with van der Waals surface area (Å²) in [5.74, 6) is -0.943. The maximum atomic E-state index is 12.3. The van der Waals surface area contributed by atoms with Gasteiger partial charge in [0, 0.05) is 16.8 Å². The fourth-order valence-electron chi connectivity index (χ4n) is 1.59. The Morgan fingerprint density at radius 3 is 2.53 bits per heavy atom. The molecule has 0 unspecified atom stereocenters. The first-order chi connectivity index (χ1) is 8.53. The van der Waals surface area contributed by atoms with E-state index in [1.807, 2.05) is 0 Å². The molecule has 0 fully saturated rings. The van der Waals surface area contributed by atoms with Gasteiger partial charge in [0.2, 0.25) is 10.0 Å². The second-order valence-corrected chi connectivity index (χ2v) is 9.14. The number of carboxylic acid groups (broad SMARTS) is 1. The van der Waals surface area contributed by atoms with Gasteiger partial charge in [-0.05, 0) is 49.2 Å². The summed E-state index contributed by atoms with van der Waals surface area (Å²) >= 11 is 4.60. The van der Waals surface area contributed by atoms with Gasteiger partial charge in [-0.1, -0.05) is 0 Å². The van der Waals surface area contributed by atoms with Crippen LogP contribution in [0, 0.1) is 6.92 Å². The van der Waals surface area contributed by atoms with Gasteiger partial charge in [0.05, 0.1) is 8.68 Å². The zero-order valence-electron chi connectivity index (χ0n) is 10.9. The second kappa shape index (κ2) is 5.90. The SMILES string of the molecule is Cc1sc(Br)cc1S(=O)(=O)NC(C)(C)CCC(=O)O. The smallest absolute Gasteiger partial charge is 0.303 e. The Morgan fingerprint density at radius 2 is 2.11 bits per heavy atom. The number of carbonyl (C=O) groups is 1. The highest BCUT2D eigenvalue weighted by Gasteiger charge is 2.28. The minimum atomic E-state index is -3.64. The van der Waals surface area contributed by atoms with Crippen molar-refractivity contribution in [3.8, 4) is 0 Å². The summed E-state index contributed by atoms with van der Waals surface area (Å²) in [5, 5.41) is 8.66. The van der Waals surface area contributed by atoms with E-state index in [0.29, 0.717) is 4.88 Å². The molecule has 0 aromatic carbocycles. The molecule has 0 bridgehead atoms. The van der Waals surface area contributed by atoms with Gasteiger partial charge in [0.1, 0.15) is 0 Å². The first-order valence-corrected chi connectivity index (χ1v) is 8.64. The van der Waals surface area contributed by atoms with E-state index in [0.717, 1.165) is 3.79 Å². The van der Waals surface area contributed by atoms with Gasteiger partial charge < -0.3 is 5.11 Å². The minimum absolute atomic E-state index is 0.0815. The summed E-state index contributed by atoms with van der Waals surface area (Å²) < 4.78 is 27.8. The van der Waals surface area contributed by atoms with Crippen LogP contribution in [0.1, 0.15) is 31.6 Å². The van der Waals surface area contributed by atoms with Crippen molar-refractivity contribution in [3.05, 3.63) is 14.7 Å². The molecule has 1 aromatic heterocycles. The zero-order chi connectivity index (χ0) is 14.8. The molecule has 1 aromatic rings. The van der Waals surface area contributed by atoms with Crippen molar-refractivity contribution in [2.45, 2.75) is 44.0 Å². The van der Waals surface area contributed by atoms with Gasteiger partial charge in [0.15, 0.2) is 0 Å². The van der Waals surface area contributed by atoms with Crippen LogP contribution in [0.25, 0.3) is 0 Å². The summed E-state index contributed by atoms with van der Waals surface area (Å²) in [7, 11) is -3.64. The van der Waals surface area contributed by atoms with E-state index >= 15 is 0 Å². The van der Waals surface area contributed by atoms with Crippen LogP contribution in [0.5, 0.6) is 0 Å². The quantitative estimate of drug-likeness (QED) is 0.807. The van der Waals surface area contributed by atoms with Crippen LogP contribution in [0.3, 0.4) is 0 Å². The van der Waals surface area contributed by atoms with E-state index in [-0.39, 0.29) is 17.7 Å². The molecular weight excluding hydrogens is 354 g/mol. The van der Waals surface area contributed by atoms with Crippen LogP contribution < -0.4 is 4.72 Å². The van der Waals surface area contributed by atoms with Crippen molar-refractivity contribution in [1.82, 2.24) is 4.72 Å². The number of aryl methyl sites for hydroxylation is 1. The van der Waals surface area contributed by atoms with E-state index in [4.69, 9.17) is 5.11 Å². The Hall–Kier alpha value is -0.440. The predicted octanol–water partition coefficient (Wildman–Crippen LogP) is 2.74. The Labute approximate surface area is 125 Å². The van der Waals surface area contributed by atoms with Crippen LogP contribution in [-0.2, 0) is 14.8 Å². The molecule has 8 heteroatoms. The van der Waals surface area contributed by atoms with E-state index < -0.39 is 21.5 Å². The lowest BCUT2D eigenvalue weighted by Crippen LogP contribution is -2.43. The molecule has 0 amide bonds. The highest BCUT2D eigenvalue weighted by molar-refractivity contribution is 9.11. The molecule has 0 radical (unpaired) electrons. The van der Waals surface area contributed by atoms with E-state index in [2.05, 4.69) is 20.7 Å². The predicted molar refractivity (Wildman–Crippen MR) is 78.0 cm³/mol. The topological polar surface area (TPSA) is 83.5 Å². The number of hydrogen-bond donors (Lipinski definition) is 2. The zero-order valence-corrected chi connectivity index (χ0v) is 14.1. The van der Waals surface area contributed by atoms with Crippen molar-refractivity contribution in [2.24, 2.45) is 0 Å². The highest BCUT2D eigenvalue weighted by Crippen LogP contribution is 2.30. The Morgan fingerprint density at radius 1 is 1.53 bits per heavy atom. The molecule has 19 heavy (non-hydrogen) atoms. The Kier molecular flexibility index (Phi) is 5.16. The Balaban J connectivity index is 2.90. The summed E-state index contributed by atoms with van der Waals surface area (Å²) in [6.45, 7) is 5.07. The molecule has 2 N–H and O–H groups in total. The molecule has 0 aliphatic carbocycles. The maximum Gasteiger partial charge on any atom is 0.303 e. The lowest BCUT2D eigenvalue weighted by molar-refractivity contribution is -0.137. The lowest BCUT2D eigenvalue weighted by Gasteiger charge is -2.25. The van der Waals surface area contributed by atoms with Gasteiger partial charge in [-0.3, -0.25) is 4.79 Å². The molecule has 0 spiro atoms. The van der Waals surface area contributed by atoms with E-state index in [1.54, 1.807) is 26.8 Å². The average molecular weight is 370 g/mol. The number of nitrogens with one attached hydrogen (secondary N) is 1. The number of halogens is 1. The van der Waals surface area contributed by atoms with Gasteiger partial charge in [-0.2, -0.15) is 0 Å². The van der Waals surface area contributed by atoms with E-state index in [9.17, 15) is 13.2 Å². The summed E-state index contributed by atoms with van der Waals surface area (Å²) in [5.41, 5.74) is -0.807. The molecule has 5 nitrogen and oxygen atoms in total. The third-order valence-corrected chi connectivity index (χ3v) is 6.01. The van der Waals surface area contributed by atoms with Gasteiger partial charge in [-0.25, -0.2) is 13.1 Å². The Bertz CT molecular complexity index is 578. The van der Waals surface area contributed by atoms with Crippen LogP contribution in [0.2, 0.25) is 0 Å². The van der Waals surface area contributed by atoms with Crippen LogP contribution in [0.15, 0.2) is 14.7 Å². The standard InChI is InChI=1S/C11H16BrNO4S2/c1-7-8(6-9(12)18-7)19(16,17)13-11(2,3)5-4-10(14)15/h6,13H,4-5H2,1-3H3,(H,14,15). The fraction of sp³-hybridized carbons (Fsp3) is 0.545. The largest absolute Gasteiger partial charge is 0.481 e. The first kappa shape index (κ1) is 16.6. The van der Waals surface area contributed by atoms with Crippen molar-refractivity contribution < 1.29 is 18.3 Å². The summed E-state index contributed by atoms with van der Waals surface area (Å²) in [6.07, 6.45) is 0.147.